The lowest BCUT2D eigenvalue weighted by atomic mass is 9.81. The van der Waals surface area contributed by atoms with E-state index in [0.717, 1.165) is 12.8 Å². The van der Waals surface area contributed by atoms with E-state index in [1.807, 2.05) is 6.92 Å². The van der Waals surface area contributed by atoms with Gasteiger partial charge in [0.1, 0.15) is 6.23 Å². The molecule has 28 heavy (non-hydrogen) atoms. The summed E-state index contributed by atoms with van der Waals surface area (Å²) in [6, 6.07) is 0. The molecule has 1 fully saturated rings. The number of amides is 4. The van der Waals surface area contributed by atoms with Crippen molar-refractivity contribution in [3.05, 3.63) is 0 Å². The summed E-state index contributed by atoms with van der Waals surface area (Å²) >= 11 is 1.50. The predicted octanol–water partition coefficient (Wildman–Crippen LogP) is 0.962. The number of carbonyl (C=O) groups is 4. The van der Waals surface area contributed by atoms with Gasteiger partial charge in [0.05, 0.1) is 0 Å². The molecule has 2 unspecified atom stereocenters. The van der Waals surface area contributed by atoms with E-state index in [1.165, 1.54) is 28.5 Å². The molecule has 1 aliphatic rings. The molecule has 1 saturated carbocycles. The summed E-state index contributed by atoms with van der Waals surface area (Å²) in [7, 11) is 1.55. The fourth-order valence-corrected chi connectivity index (χ4v) is 4.22. The fourth-order valence-electron chi connectivity index (χ4n) is 3.27. The molecule has 0 spiro atoms. The van der Waals surface area contributed by atoms with Crippen molar-refractivity contribution in [1.29, 1.82) is 0 Å². The third-order valence-corrected chi connectivity index (χ3v) is 6.46. The average molecular weight is 416 g/mol. The van der Waals surface area contributed by atoms with E-state index in [4.69, 9.17) is 5.73 Å². The maximum Gasteiger partial charge on any atom is 0.230 e. The Bertz CT molecular complexity index is 550. The van der Waals surface area contributed by atoms with Crippen molar-refractivity contribution in [2.45, 2.75) is 63.9 Å². The second kappa shape index (κ2) is 12.1. The Hall–Kier alpha value is -1.61. The number of imide groups is 1. The van der Waals surface area contributed by atoms with Crippen molar-refractivity contribution >= 4 is 35.9 Å². The quantitative estimate of drug-likeness (QED) is 0.383. The van der Waals surface area contributed by atoms with Crippen LogP contribution in [0.1, 0.15) is 52.4 Å². The topological polar surface area (TPSA) is 121 Å². The van der Waals surface area contributed by atoms with E-state index in [0.29, 0.717) is 31.5 Å². The number of hydrogen-bond donors (Lipinski definition) is 2. The molecule has 0 aromatic heterocycles. The van der Waals surface area contributed by atoms with Gasteiger partial charge in [0.25, 0.3) is 0 Å². The van der Waals surface area contributed by atoms with Crippen LogP contribution in [0.5, 0.6) is 0 Å². The van der Waals surface area contributed by atoms with Gasteiger partial charge < -0.3 is 15.7 Å². The standard InChI is InChI=1S/C19H33N3O5S/c1-13(28-9-8-17(25)21(3)14(2)24)10-18(26)22(12-23)11-15-4-6-16(7-5-15)19(20)27/h12-16,24H,4-11H2,1-3H3,(H2,20,27). The van der Waals surface area contributed by atoms with Crippen LogP contribution in [0.4, 0.5) is 0 Å². The molecule has 0 heterocycles. The highest BCUT2D eigenvalue weighted by atomic mass is 32.2. The van der Waals surface area contributed by atoms with Gasteiger partial charge in [-0.2, -0.15) is 11.8 Å². The van der Waals surface area contributed by atoms with Gasteiger partial charge in [-0.05, 0) is 38.5 Å². The van der Waals surface area contributed by atoms with Crippen LogP contribution in [0, 0.1) is 11.8 Å². The Balaban J connectivity index is 2.35. The summed E-state index contributed by atoms with van der Waals surface area (Å²) in [5, 5.41) is 9.35. The molecule has 2 atom stereocenters. The second-order valence-corrected chi connectivity index (χ2v) is 9.09. The minimum absolute atomic E-state index is 0.0230. The summed E-state index contributed by atoms with van der Waals surface area (Å²) in [6.45, 7) is 3.80. The molecule has 0 saturated heterocycles. The summed E-state index contributed by atoms with van der Waals surface area (Å²) in [6.07, 6.45) is 3.26. The molecule has 1 aliphatic carbocycles. The zero-order valence-corrected chi connectivity index (χ0v) is 17.8. The van der Waals surface area contributed by atoms with Gasteiger partial charge >= 0.3 is 0 Å². The van der Waals surface area contributed by atoms with Gasteiger partial charge in [-0.3, -0.25) is 24.1 Å². The molecule has 0 bridgehead atoms. The first-order valence-electron chi connectivity index (χ1n) is 9.75. The van der Waals surface area contributed by atoms with Gasteiger partial charge in [0, 0.05) is 43.4 Å². The van der Waals surface area contributed by atoms with Crippen molar-refractivity contribution in [3.8, 4) is 0 Å². The highest BCUT2D eigenvalue weighted by Crippen LogP contribution is 2.29. The highest BCUT2D eigenvalue weighted by Gasteiger charge is 2.27. The number of rotatable bonds is 11. The minimum atomic E-state index is -0.823. The number of aliphatic hydroxyl groups is 1. The lowest BCUT2D eigenvalue weighted by Crippen LogP contribution is -2.37. The van der Waals surface area contributed by atoms with Gasteiger partial charge in [0.2, 0.25) is 24.1 Å². The molecule has 160 valence electrons. The van der Waals surface area contributed by atoms with Crippen LogP contribution in [0.2, 0.25) is 0 Å². The van der Waals surface area contributed by atoms with Crippen molar-refractivity contribution in [3.63, 3.8) is 0 Å². The minimum Gasteiger partial charge on any atom is -0.374 e. The van der Waals surface area contributed by atoms with E-state index in [-0.39, 0.29) is 47.6 Å². The lowest BCUT2D eigenvalue weighted by Gasteiger charge is -2.29. The Kier molecular flexibility index (Phi) is 10.5. The predicted molar refractivity (Wildman–Crippen MR) is 108 cm³/mol. The Morgan fingerprint density at radius 2 is 1.79 bits per heavy atom. The lowest BCUT2D eigenvalue weighted by molar-refractivity contribution is -0.139. The van der Waals surface area contributed by atoms with E-state index >= 15 is 0 Å². The van der Waals surface area contributed by atoms with Crippen molar-refractivity contribution in [2.24, 2.45) is 17.6 Å². The third kappa shape index (κ3) is 8.18. The van der Waals surface area contributed by atoms with Crippen molar-refractivity contribution < 1.29 is 24.3 Å². The number of carbonyl (C=O) groups excluding carboxylic acids is 4. The molecular formula is C19H33N3O5S. The number of aliphatic hydroxyl groups excluding tert-OH is 1. The molecule has 9 heteroatoms. The number of nitrogens with two attached hydrogens (primary N) is 1. The summed E-state index contributed by atoms with van der Waals surface area (Å²) < 4.78 is 0. The van der Waals surface area contributed by atoms with E-state index in [2.05, 4.69) is 0 Å². The van der Waals surface area contributed by atoms with Crippen LogP contribution >= 0.6 is 11.8 Å². The molecule has 8 nitrogen and oxygen atoms in total. The molecule has 1 rings (SSSR count). The van der Waals surface area contributed by atoms with Crippen LogP contribution in [0.15, 0.2) is 0 Å². The maximum atomic E-state index is 12.4. The average Bonchev–Trinajstić information content (AvgIpc) is 2.65. The first-order chi connectivity index (χ1) is 13.1. The maximum absolute atomic E-state index is 12.4. The Morgan fingerprint density at radius 1 is 1.18 bits per heavy atom. The molecule has 3 N–H and O–H groups in total. The molecule has 0 radical (unpaired) electrons. The van der Waals surface area contributed by atoms with Gasteiger partial charge in [-0.1, -0.05) is 6.92 Å². The SMILES string of the molecule is CC(CC(=O)N(C=O)CC1CCC(C(N)=O)CC1)SCCC(=O)N(C)C(C)O. The third-order valence-electron chi connectivity index (χ3n) is 5.29. The van der Waals surface area contributed by atoms with Gasteiger partial charge in [-0.25, -0.2) is 0 Å². The first kappa shape index (κ1) is 24.4. The first-order valence-corrected chi connectivity index (χ1v) is 10.8. The van der Waals surface area contributed by atoms with E-state index < -0.39 is 6.23 Å². The van der Waals surface area contributed by atoms with Gasteiger partial charge in [0.15, 0.2) is 0 Å². The van der Waals surface area contributed by atoms with Gasteiger partial charge in [-0.15, -0.1) is 0 Å². The number of thioether (sulfide) groups is 1. The van der Waals surface area contributed by atoms with E-state index in [1.54, 1.807) is 7.05 Å². The number of primary amides is 1. The van der Waals surface area contributed by atoms with E-state index in [9.17, 15) is 24.3 Å². The summed E-state index contributed by atoms with van der Waals surface area (Å²) in [5.41, 5.74) is 5.33. The fraction of sp³-hybridized carbons (Fsp3) is 0.789. The zero-order valence-electron chi connectivity index (χ0n) is 17.0. The smallest absolute Gasteiger partial charge is 0.230 e. The highest BCUT2D eigenvalue weighted by molar-refractivity contribution is 7.99. The van der Waals surface area contributed by atoms with Crippen LogP contribution in [-0.2, 0) is 19.2 Å². The molecule has 4 amide bonds. The molecule has 0 aromatic carbocycles. The largest absolute Gasteiger partial charge is 0.374 e. The normalized spacial score (nSPS) is 21.4. The monoisotopic (exact) mass is 415 g/mol. The summed E-state index contributed by atoms with van der Waals surface area (Å²) in [5.74, 6) is 0.0139. The van der Waals surface area contributed by atoms with Crippen LogP contribution in [-0.4, -0.2) is 69.9 Å². The van der Waals surface area contributed by atoms with Crippen molar-refractivity contribution in [1.82, 2.24) is 9.80 Å². The second-order valence-electron chi connectivity index (χ2n) is 7.54. The van der Waals surface area contributed by atoms with Crippen LogP contribution in [0.25, 0.3) is 0 Å². The molecule has 0 aromatic rings. The Labute approximate surface area is 171 Å². The molecular weight excluding hydrogens is 382 g/mol. The van der Waals surface area contributed by atoms with Crippen LogP contribution < -0.4 is 5.73 Å². The van der Waals surface area contributed by atoms with Crippen LogP contribution in [0.3, 0.4) is 0 Å². The zero-order chi connectivity index (χ0) is 21.3. The van der Waals surface area contributed by atoms with Crippen molar-refractivity contribution in [2.75, 3.05) is 19.3 Å². The number of hydrogen-bond acceptors (Lipinski definition) is 6. The number of nitrogens with zero attached hydrogens (tertiary/aromatic N) is 2. The molecule has 0 aliphatic heterocycles. The Morgan fingerprint density at radius 3 is 2.29 bits per heavy atom. The summed E-state index contributed by atoms with van der Waals surface area (Å²) in [4.78, 5) is 49.4.